The van der Waals surface area contributed by atoms with E-state index in [0.717, 1.165) is 61.4 Å². The fourth-order valence-electron chi connectivity index (χ4n) is 5.40. The fraction of sp³-hybridized carbons (Fsp3) is 0.393. The van der Waals surface area contributed by atoms with E-state index in [2.05, 4.69) is 9.97 Å². The van der Waals surface area contributed by atoms with Crippen molar-refractivity contribution < 1.29 is 23.1 Å². The maximum Gasteiger partial charge on any atom is 0.185 e. The van der Waals surface area contributed by atoms with Gasteiger partial charge in [0.05, 0.1) is 11.2 Å². The third-order valence-corrected chi connectivity index (χ3v) is 7.58. The summed E-state index contributed by atoms with van der Waals surface area (Å²) in [7, 11) is 0. The van der Waals surface area contributed by atoms with Crippen molar-refractivity contribution in [3.8, 4) is 11.3 Å². The molecule has 36 heavy (non-hydrogen) atoms. The van der Waals surface area contributed by atoms with Crippen LogP contribution in [-0.4, -0.2) is 26.9 Å². The lowest BCUT2D eigenvalue weighted by Gasteiger charge is -2.37. The Kier molecular flexibility index (Phi) is 6.66. The third-order valence-electron chi connectivity index (χ3n) is 7.58. The Balaban J connectivity index is 1.44. The highest BCUT2D eigenvalue weighted by molar-refractivity contribution is 5.96. The van der Waals surface area contributed by atoms with Crippen molar-refractivity contribution in [1.82, 2.24) is 9.97 Å². The number of aromatic nitrogens is 2. The summed E-state index contributed by atoms with van der Waals surface area (Å²) in [5.74, 6) is -3.21. The summed E-state index contributed by atoms with van der Waals surface area (Å²) >= 11 is 0. The smallest absolute Gasteiger partial charge is 0.185 e. The van der Waals surface area contributed by atoms with Gasteiger partial charge in [0, 0.05) is 24.9 Å². The number of carbonyl (C=O) groups is 1. The van der Waals surface area contributed by atoms with E-state index in [1.807, 2.05) is 6.07 Å². The molecule has 0 amide bonds. The van der Waals surface area contributed by atoms with Gasteiger partial charge in [-0.1, -0.05) is 6.42 Å². The Bertz CT molecular complexity index is 1290. The maximum atomic E-state index is 15.0. The Hall–Kier alpha value is -3.10. The number of benzene rings is 1. The number of hydrogen-bond donors (Lipinski definition) is 2. The molecule has 2 aliphatic rings. The third kappa shape index (κ3) is 4.67. The summed E-state index contributed by atoms with van der Waals surface area (Å²) in [6, 6.07) is 6.26. The maximum absolute atomic E-state index is 15.0. The van der Waals surface area contributed by atoms with Gasteiger partial charge < -0.3 is 10.8 Å². The number of halogens is 3. The number of carbonyl (C=O) groups excluding carboxylic acids is 1. The SMILES string of the molecule is N[C@H]1CCC[C@@H](c2ccncc2CC(=O)c2ccc(F)c(-c3c(F)cc(C4(O)CCC4)cc3F)n2)C1. The number of aliphatic hydroxyl groups is 1. The molecule has 0 bridgehead atoms. The highest BCUT2D eigenvalue weighted by Crippen LogP contribution is 2.43. The molecule has 188 valence electrons. The molecule has 0 spiro atoms. The minimum atomic E-state index is -1.27. The van der Waals surface area contributed by atoms with Gasteiger partial charge in [0.25, 0.3) is 0 Å². The molecule has 2 fully saturated rings. The molecule has 3 N–H and O–H groups in total. The summed E-state index contributed by atoms with van der Waals surface area (Å²) < 4.78 is 44.6. The first-order valence-corrected chi connectivity index (χ1v) is 12.4. The predicted molar refractivity (Wildman–Crippen MR) is 129 cm³/mol. The van der Waals surface area contributed by atoms with Gasteiger partial charge in [-0.25, -0.2) is 18.2 Å². The average Bonchev–Trinajstić information content (AvgIpc) is 2.83. The molecule has 0 radical (unpaired) electrons. The first kappa shape index (κ1) is 24.6. The topological polar surface area (TPSA) is 89.1 Å². The van der Waals surface area contributed by atoms with E-state index in [-0.39, 0.29) is 29.6 Å². The van der Waals surface area contributed by atoms with Gasteiger partial charge in [0.15, 0.2) is 5.78 Å². The quantitative estimate of drug-likeness (QED) is 0.451. The number of pyridine rings is 2. The van der Waals surface area contributed by atoms with E-state index in [0.29, 0.717) is 12.8 Å². The number of Topliss-reactive ketones (excluding diaryl/α,β-unsaturated/α-hetero) is 1. The molecule has 8 heteroatoms. The second-order valence-electron chi connectivity index (χ2n) is 10.0. The Morgan fingerprint density at radius 2 is 1.81 bits per heavy atom. The molecule has 5 nitrogen and oxygen atoms in total. The van der Waals surface area contributed by atoms with Gasteiger partial charge >= 0.3 is 0 Å². The Labute approximate surface area is 207 Å². The van der Waals surface area contributed by atoms with Crippen LogP contribution >= 0.6 is 0 Å². The fourth-order valence-corrected chi connectivity index (χ4v) is 5.40. The molecular weight excluding hydrogens is 467 g/mol. The standard InChI is InChI=1S/C28H28F3N3O2/c29-21-5-6-24(25(35)12-17-15-33-10-7-20(17)16-3-1-4-19(32)11-16)34-27(21)26-22(30)13-18(14-23(26)31)28(36)8-2-9-28/h5-7,10,13-16,19,36H,1-4,8-9,11-12,32H2/t16-,19+/m1/s1. The van der Waals surface area contributed by atoms with Crippen LogP contribution in [0, 0.1) is 17.5 Å². The van der Waals surface area contributed by atoms with Crippen molar-refractivity contribution in [3.63, 3.8) is 0 Å². The van der Waals surface area contributed by atoms with Crippen molar-refractivity contribution in [2.45, 2.75) is 68.9 Å². The Morgan fingerprint density at radius 3 is 2.47 bits per heavy atom. The largest absolute Gasteiger partial charge is 0.385 e. The van der Waals surface area contributed by atoms with Crippen molar-refractivity contribution in [1.29, 1.82) is 0 Å². The second kappa shape index (κ2) is 9.75. The van der Waals surface area contributed by atoms with E-state index in [1.165, 1.54) is 6.07 Å². The summed E-state index contributed by atoms with van der Waals surface area (Å²) in [5.41, 5.74) is 5.42. The van der Waals surface area contributed by atoms with Gasteiger partial charge in [-0.3, -0.25) is 9.78 Å². The number of hydrogen-bond acceptors (Lipinski definition) is 5. The van der Waals surface area contributed by atoms with Crippen LogP contribution in [0.4, 0.5) is 13.2 Å². The minimum Gasteiger partial charge on any atom is -0.385 e. The highest BCUT2D eigenvalue weighted by atomic mass is 19.1. The molecule has 2 atom stereocenters. The van der Waals surface area contributed by atoms with Crippen molar-refractivity contribution >= 4 is 5.78 Å². The van der Waals surface area contributed by atoms with Crippen LogP contribution in [0.15, 0.2) is 42.7 Å². The zero-order chi connectivity index (χ0) is 25.4. The van der Waals surface area contributed by atoms with Crippen LogP contribution in [0.5, 0.6) is 0 Å². The summed E-state index contributed by atoms with van der Waals surface area (Å²) in [5, 5.41) is 10.5. The summed E-state index contributed by atoms with van der Waals surface area (Å²) in [4.78, 5) is 21.3. The van der Waals surface area contributed by atoms with Crippen molar-refractivity contribution in [2.75, 3.05) is 0 Å². The summed E-state index contributed by atoms with van der Waals surface area (Å²) in [6.07, 6.45) is 8.67. The first-order chi connectivity index (χ1) is 17.2. The Morgan fingerprint density at radius 1 is 1.06 bits per heavy atom. The molecular formula is C28H28F3N3O2. The molecule has 2 aliphatic carbocycles. The second-order valence-corrected chi connectivity index (χ2v) is 10.0. The molecule has 1 aromatic carbocycles. The van der Waals surface area contributed by atoms with Gasteiger partial charge in [-0.15, -0.1) is 0 Å². The van der Waals surface area contributed by atoms with E-state index < -0.39 is 40.1 Å². The molecule has 2 saturated carbocycles. The molecule has 3 aromatic rings. The molecule has 2 aromatic heterocycles. The lowest BCUT2D eigenvalue weighted by atomic mass is 9.75. The van der Waals surface area contributed by atoms with Crippen LogP contribution in [0.1, 0.15) is 78.0 Å². The summed E-state index contributed by atoms with van der Waals surface area (Å²) in [6.45, 7) is 0. The van der Waals surface area contributed by atoms with E-state index in [1.54, 1.807) is 12.4 Å². The molecule has 5 rings (SSSR count). The number of nitrogens with two attached hydrogens (primary N) is 1. The highest BCUT2D eigenvalue weighted by Gasteiger charge is 2.37. The zero-order valence-electron chi connectivity index (χ0n) is 19.8. The van der Waals surface area contributed by atoms with Gasteiger partial charge in [0.1, 0.15) is 28.8 Å². The van der Waals surface area contributed by atoms with E-state index in [4.69, 9.17) is 5.73 Å². The first-order valence-electron chi connectivity index (χ1n) is 12.4. The van der Waals surface area contributed by atoms with Crippen LogP contribution in [0.3, 0.4) is 0 Å². The number of rotatable bonds is 6. The lowest BCUT2D eigenvalue weighted by molar-refractivity contribution is -0.0392. The zero-order valence-corrected chi connectivity index (χ0v) is 19.8. The monoisotopic (exact) mass is 495 g/mol. The normalized spacial score (nSPS) is 21.1. The molecule has 0 unspecified atom stereocenters. The van der Waals surface area contributed by atoms with Crippen LogP contribution in [-0.2, 0) is 12.0 Å². The number of nitrogens with zero attached hydrogens (tertiary/aromatic N) is 2. The minimum absolute atomic E-state index is 0.0239. The molecule has 0 saturated heterocycles. The van der Waals surface area contributed by atoms with Crippen LogP contribution in [0.2, 0.25) is 0 Å². The van der Waals surface area contributed by atoms with Crippen LogP contribution < -0.4 is 5.73 Å². The molecule has 2 heterocycles. The van der Waals surface area contributed by atoms with E-state index in [9.17, 15) is 23.1 Å². The van der Waals surface area contributed by atoms with Gasteiger partial charge in [-0.05, 0) is 91.5 Å². The predicted octanol–water partition coefficient (Wildman–Crippen LogP) is 5.34. The van der Waals surface area contributed by atoms with E-state index >= 15 is 0 Å². The number of ketones is 1. The van der Waals surface area contributed by atoms with Gasteiger partial charge in [-0.2, -0.15) is 0 Å². The lowest BCUT2D eigenvalue weighted by Crippen LogP contribution is -2.33. The van der Waals surface area contributed by atoms with Crippen molar-refractivity contribution in [3.05, 3.63) is 82.6 Å². The van der Waals surface area contributed by atoms with Crippen LogP contribution in [0.25, 0.3) is 11.3 Å². The average molecular weight is 496 g/mol. The molecule has 0 aliphatic heterocycles. The van der Waals surface area contributed by atoms with Gasteiger partial charge in [0.2, 0.25) is 0 Å². The van der Waals surface area contributed by atoms with Crippen molar-refractivity contribution in [2.24, 2.45) is 5.73 Å².